The fourth-order valence-electron chi connectivity index (χ4n) is 3.26. The minimum Gasteiger partial charge on any atom is -0.352 e. The molecule has 0 atom stereocenters. The quantitative estimate of drug-likeness (QED) is 0.615. The number of aromatic nitrogens is 4. The van der Waals surface area contributed by atoms with Gasteiger partial charge in [0, 0.05) is 62.0 Å². The van der Waals surface area contributed by atoms with E-state index in [2.05, 4.69) is 25.0 Å². The van der Waals surface area contributed by atoms with Crippen molar-refractivity contribution in [1.82, 2.24) is 25.0 Å². The molecule has 3 heterocycles. The lowest BCUT2D eigenvalue weighted by Gasteiger charge is -2.35. The molecule has 8 nitrogen and oxygen atoms in total. The Balaban J connectivity index is 1.22. The normalized spacial score (nSPS) is 14.2. The summed E-state index contributed by atoms with van der Waals surface area (Å²) in [6, 6.07) is 7.27. The van der Waals surface area contributed by atoms with E-state index in [0.717, 1.165) is 24.5 Å². The minimum absolute atomic E-state index is 0.154. The summed E-state index contributed by atoms with van der Waals surface area (Å²) >= 11 is 5.90. The first-order chi connectivity index (χ1) is 14.2. The van der Waals surface area contributed by atoms with E-state index in [1.165, 1.54) is 0 Å². The molecule has 0 saturated carbocycles. The Morgan fingerprint density at radius 2 is 1.90 bits per heavy atom. The van der Waals surface area contributed by atoms with Crippen LogP contribution in [-0.2, 0) is 11.2 Å². The minimum atomic E-state index is 0.154. The SMILES string of the molecule is O=C(CCCc1nc(-c2ccc(Cl)cc2)no1)N1CCN(c2cnccn2)CC1. The maximum atomic E-state index is 12.5. The number of hydrogen-bond donors (Lipinski definition) is 0. The Morgan fingerprint density at radius 1 is 1.10 bits per heavy atom. The van der Waals surface area contributed by atoms with E-state index in [9.17, 15) is 4.79 Å². The van der Waals surface area contributed by atoms with Crippen LogP contribution >= 0.6 is 11.6 Å². The second kappa shape index (κ2) is 9.00. The summed E-state index contributed by atoms with van der Waals surface area (Å²) in [6.07, 6.45) is 6.80. The third kappa shape index (κ3) is 4.89. The van der Waals surface area contributed by atoms with Crippen molar-refractivity contribution < 1.29 is 9.32 Å². The van der Waals surface area contributed by atoms with Crippen molar-refractivity contribution in [2.45, 2.75) is 19.3 Å². The Bertz CT molecular complexity index is 939. The number of nitrogens with zero attached hydrogens (tertiary/aromatic N) is 6. The molecular weight excluding hydrogens is 392 g/mol. The molecule has 4 rings (SSSR count). The number of piperazine rings is 1. The van der Waals surface area contributed by atoms with Crippen LogP contribution in [0.1, 0.15) is 18.7 Å². The number of hydrogen-bond acceptors (Lipinski definition) is 7. The average molecular weight is 413 g/mol. The summed E-state index contributed by atoms with van der Waals surface area (Å²) in [6.45, 7) is 2.91. The van der Waals surface area contributed by atoms with Crippen LogP contribution in [0, 0.1) is 0 Å². The second-order valence-corrected chi connectivity index (χ2v) is 7.24. The number of rotatable bonds is 6. The molecule has 1 saturated heterocycles. The summed E-state index contributed by atoms with van der Waals surface area (Å²) in [7, 11) is 0. The zero-order valence-electron chi connectivity index (χ0n) is 15.9. The average Bonchev–Trinajstić information content (AvgIpc) is 3.24. The third-order valence-corrected chi connectivity index (χ3v) is 5.11. The van der Waals surface area contributed by atoms with Gasteiger partial charge in [-0.2, -0.15) is 4.98 Å². The molecule has 3 aromatic rings. The molecule has 29 heavy (non-hydrogen) atoms. The number of amides is 1. The van der Waals surface area contributed by atoms with Gasteiger partial charge in [-0.15, -0.1) is 0 Å². The maximum absolute atomic E-state index is 12.5. The van der Waals surface area contributed by atoms with E-state index in [0.29, 0.717) is 49.1 Å². The molecule has 0 radical (unpaired) electrons. The summed E-state index contributed by atoms with van der Waals surface area (Å²) in [5.74, 6) is 2.08. The Kier molecular flexibility index (Phi) is 6.00. The van der Waals surface area contributed by atoms with Crippen LogP contribution in [0.4, 0.5) is 5.82 Å². The van der Waals surface area contributed by atoms with Gasteiger partial charge in [0.25, 0.3) is 0 Å². The van der Waals surface area contributed by atoms with E-state index < -0.39 is 0 Å². The number of carbonyl (C=O) groups is 1. The van der Waals surface area contributed by atoms with Gasteiger partial charge in [0.05, 0.1) is 6.20 Å². The Hall–Kier alpha value is -3.00. The van der Waals surface area contributed by atoms with Crippen LogP contribution in [0.15, 0.2) is 47.4 Å². The first-order valence-corrected chi connectivity index (χ1v) is 9.94. The second-order valence-electron chi connectivity index (χ2n) is 6.80. The molecule has 1 amide bonds. The molecular formula is C20H21ClN6O2. The van der Waals surface area contributed by atoms with Crippen molar-refractivity contribution in [3.05, 3.63) is 53.8 Å². The van der Waals surface area contributed by atoms with Crippen LogP contribution in [0.2, 0.25) is 5.02 Å². The van der Waals surface area contributed by atoms with Crippen molar-refractivity contribution in [3.63, 3.8) is 0 Å². The predicted molar refractivity (Wildman–Crippen MR) is 109 cm³/mol. The lowest BCUT2D eigenvalue weighted by atomic mass is 10.2. The van der Waals surface area contributed by atoms with Gasteiger partial charge in [0.1, 0.15) is 5.82 Å². The highest BCUT2D eigenvalue weighted by Gasteiger charge is 2.21. The van der Waals surface area contributed by atoms with Crippen molar-refractivity contribution in [1.29, 1.82) is 0 Å². The van der Waals surface area contributed by atoms with E-state index in [4.69, 9.17) is 16.1 Å². The molecule has 2 aromatic heterocycles. The van der Waals surface area contributed by atoms with Crippen LogP contribution in [0.25, 0.3) is 11.4 Å². The molecule has 0 bridgehead atoms. The van der Waals surface area contributed by atoms with Gasteiger partial charge in [-0.25, -0.2) is 4.98 Å². The fourth-order valence-corrected chi connectivity index (χ4v) is 3.39. The van der Waals surface area contributed by atoms with Crippen LogP contribution < -0.4 is 4.90 Å². The predicted octanol–water partition coefficient (Wildman–Crippen LogP) is 2.85. The fraction of sp³-hybridized carbons (Fsp3) is 0.350. The van der Waals surface area contributed by atoms with Gasteiger partial charge in [0.15, 0.2) is 0 Å². The molecule has 1 aliphatic rings. The van der Waals surface area contributed by atoms with Crippen LogP contribution in [-0.4, -0.2) is 57.1 Å². The van der Waals surface area contributed by atoms with Crippen molar-refractivity contribution in [2.24, 2.45) is 0 Å². The van der Waals surface area contributed by atoms with E-state index in [-0.39, 0.29) is 5.91 Å². The first kappa shape index (κ1) is 19.3. The summed E-state index contributed by atoms with van der Waals surface area (Å²) < 4.78 is 5.30. The molecule has 0 aliphatic carbocycles. The lowest BCUT2D eigenvalue weighted by Crippen LogP contribution is -2.49. The molecule has 1 aromatic carbocycles. The zero-order chi connectivity index (χ0) is 20.1. The number of anilines is 1. The monoisotopic (exact) mass is 412 g/mol. The molecule has 0 N–H and O–H groups in total. The molecule has 1 fully saturated rings. The summed E-state index contributed by atoms with van der Waals surface area (Å²) in [5.41, 5.74) is 0.849. The van der Waals surface area contributed by atoms with E-state index >= 15 is 0 Å². The number of aryl methyl sites for hydroxylation is 1. The van der Waals surface area contributed by atoms with Gasteiger partial charge in [-0.3, -0.25) is 9.78 Å². The van der Waals surface area contributed by atoms with Gasteiger partial charge >= 0.3 is 0 Å². The number of halogens is 1. The van der Waals surface area contributed by atoms with Crippen molar-refractivity contribution in [3.8, 4) is 11.4 Å². The van der Waals surface area contributed by atoms with E-state index in [1.807, 2.05) is 17.0 Å². The van der Waals surface area contributed by atoms with Gasteiger partial charge in [-0.05, 0) is 30.7 Å². The third-order valence-electron chi connectivity index (χ3n) is 4.86. The van der Waals surface area contributed by atoms with Crippen LogP contribution in [0.5, 0.6) is 0 Å². The summed E-state index contributed by atoms with van der Waals surface area (Å²) in [5, 5.41) is 4.66. The Labute approximate surface area is 173 Å². The van der Waals surface area contributed by atoms with E-state index in [1.54, 1.807) is 30.7 Å². The first-order valence-electron chi connectivity index (χ1n) is 9.56. The highest BCUT2D eigenvalue weighted by atomic mass is 35.5. The van der Waals surface area contributed by atoms with Gasteiger partial charge < -0.3 is 14.3 Å². The van der Waals surface area contributed by atoms with Crippen LogP contribution in [0.3, 0.4) is 0 Å². The van der Waals surface area contributed by atoms with Gasteiger partial charge in [0.2, 0.25) is 17.6 Å². The highest BCUT2D eigenvalue weighted by molar-refractivity contribution is 6.30. The molecule has 9 heteroatoms. The lowest BCUT2D eigenvalue weighted by molar-refractivity contribution is -0.131. The topological polar surface area (TPSA) is 88.3 Å². The standard InChI is InChI=1S/C20H21ClN6O2/c21-16-6-4-15(5-7-16)20-24-18(29-25-20)2-1-3-19(28)27-12-10-26(11-13-27)17-14-22-8-9-23-17/h4-9,14H,1-3,10-13H2. The highest BCUT2D eigenvalue weighted by Crippen LogP contribution is 2.19. The van der Waals surface area contributed by atoms with Crippen molar-refractivity contribution in [2.75, 3.05) is 31.1 Å². The Morgan fingerprint density at radius 3 is 2.62 bits per heavy atom. The largest absolute Gasteiger partial charge is 0.352 e. The number of benzene rings is 1. The smallest absolute Gasteiger partial charge is 0.226 e. The zero-order valence-corrected chi connectivity index (χ0v) is 16.6. The maximum Gasteiger partial charge on any atom is 0.226 e. The summed E-state index contributed by atoms with van der Waals surface area (Å²) in [4.78, 5) is 29.3. The molecule has 150 valence electrons. The molecule has 0 spiro atoms. The number of carbonyl (C=O) groups excluding carboxylic acids is 1. The molecule has 1 aliphatic heterocycles. The molecule has 0 unspecified atom stereocenters. The van der Waals surface area contributed by atoms with Gasteiger partial charge in [-0.1, -0.05) is 16.8 Å². The van der Waals surface area contributed by atoms with Crippen molar-refractivity contribution >= 4 is 23.3 Å².